The zero-order chi connectivity index (χ0) is 11.5. The molecule has 0 saturated heterocycles. The van der Waals surface area contributed by atoms with E-state index in [1.807, 2.05) is 25.1 Å². The van der Waals surface area contributed by atoms with Crippen LogP contribution in [0.2, 0.25) is 9.36 Å². The number of nitrogens with zero attached hydrogens (tertiary/aromatic N) is 2. The van der Waals surface area contributed by atoms with Crippen molar-refractivity contribution in [2.45, 2.75) is 13.5 Å². The van der Waals surface area contributed by atoms with Crippen LogP contribution in [-0.2, 0) is 6.61 Å². The van der Waals surface area contributed by atoms with Gasteiger partial charge in [-0.2, -0.15) is 0 Å². The minimum absolute atomic E-state index is 0.276. The second kappa shape index (κ2) is 4.99. The van der Waals surface area contributed by atoms with Crippen molar-refractivity contribution in [2.24, 2.45) is 0 Å². The fourth-order valence-electron chi connectivity index (χ4n) is 1.15. The Morgan fingerprint density at radius 2 is 2.19 bits per heavy atom. The number of aryl methyl sites for hydroxylation is 1. The lowest BCUT2D eigenvalue weighted by Gasteiger charge is -2.06. The molecule has 0 saturated carbocycles. The van der Waals surface area contributed by atoms with E-state index in [2.05, 4.69) is 9.59 Å². The average Bonchev–Trinajstić information content (AvgIpc) is 2.63. The number of hydrogen-bond acceptors (Lipinski definition) is 4. The maximum Gasteiger partial charge on any atom is 0.141 e. The Morgan fingerprint density at radius 1 is 1.38 bits per heavy atom. The molecule has 84 valence electrons. The molecule has 2 aromatic rings. The molecule has 0 aliphatic rings. The third-order valence-corrected chi connectivity index (χ3v) is 3.24. The summed E-state index contributed by atoms with van der Waals surface area (Å²) in [6.45, 7) is 2.25. The number of ether oxygens (including phenoxy) is 1. The second-order valence-corrected chi connectivity index (χ2v) is 4.98. The van der Waals surface area contributed by atoms with Gasteiger partial charge in [0.1, 0.15) is 22.4 Å². The van der Waals surface area contributed by atoms with Crippen LogP contribution in [0.25, 0.3) is 0 Å². The zero-order valence-electron chi connectivity index (χ0n) is 8.41. The van der Waals surface area contributed by atoms with Gasteiger partial charge in [0.25, 0.3) is 0 Å². The van der Waals surface area contributed by atoms with E-state index in [9.17, 15) is 0 Å². The molecule has 1 aromatic carbocycles. The molecule has 0 amide bonds. The highest BCUT2D eigenvalue weighted by Crippen LogP contribution is 2.27. The first-order chi connectivity index (χ1) is 7.66. The lowest BCUT2D eigenvalue weighted by molar-refractivity contribution is 0.301. The molecule has 1 aromatic heterocycles. The molecular formula is C10H8Cl2N2OS. The smallest absolute Gasteiger partial charge is 0.141 e. The summed E-state index contributed by atoms with van der Waals surface area (Å²) in [7, 11) is 0. The van der Waals surface area contributed by atoms with E-state index in [0.29, 0.717) is 20.8 Å². The van der Waals surface area contributed by atoms with E-state index in [1.54, 1.807) is 0 Å². The molecule has 0 N–H and O–H groups in total. The predicted octanol–water partition coefficient (Wildman–Crippen LogP) is 3.73. The van der Waals surface area contributed by atoms with Gasteiger partial charge >= 0.3 is 0 Å². The third kappa shape index (κ3) is 2.64. The Labute approximate surface area is 107 Å². The maximum atomic E-state index is 6.02. The molecule has 2 rings (SSSR count). The summed E-state index contributed by atoms with van der Waals surface area (Å²) in [6, 6.07) is 5.60. The van der Waals surface area contributed by atoms with E-state index in [1.165, 1.54) is 0 Å². The van der Waals surface area contributed by atoms with Gasteiger partial charge in [0, 0.05) is 11.5 Å². The van der Waals surface area contributed by atoms with E-state index in [-0.39, 0.29) is 6.61 Å². The minimum Gasteiger partial charge on any atom is -0.486 e. The van der Waals surface area contributed by atoms with Gasteiger partial charge in [0.15, 0.2) is 0 Å². The van der Waals surface area contributed by atoms with Gasteiger partial charge in [-0.3, -0.25) is 0 Å². The van der Waals surface area contributed by atoms with Crippen molar-refractivity contribution < 1.29 is 4.74 Å². The van der Waals surface area contributed by atoms with Crippen molar-refractivity contribution in [3.05, 3.63) is 38.8 Å². The number of aromatic nitrogens is 2. The molecule has 0 fully saturated rings. The van der Waals surface area contributed by atoms with Crippen molar-refractivity contribution >= 4 is 34.7 Å². The Hall–Kier alpha value is -0.840. The zero-order valence-corrected chi connectivity index (χ0v) is 10.7. The van der Waals surface area contributed by atoms with Crippen molar-refractivity contribution in [3.8, 4) is 5.75 Å². The normalized spacial score (nSPS) is 10.4. The summed E-state index contributed by atoms with van der Waals surface area (Å²) in [4.78, 5) is 0. The highest BCUT2D eigenvalue weighted by molar-refractivity contribution is 7.10. The number of benzene rings is 1. The van der Waals surface area contributed by atoms with Gasteiger partial charge < -0.3 is 4.74 Å². The summed E-state index contributed by atoms with van der Waals surface area (Å²) in [5, 5.41) is 4.43. The number of rotatable bonds is 3. The van der Waals surface area contributed by atoms with E-state index in [0.717, 1.165) is 17.1 Å². The molecule has 0 spiro atoms. The van der Waals surface area contributed by atoms with Crippen LogP contribution >= 0.6 is 34.7 Å². The first-order valence-electron chi connectivity index (χ1n) is 4.52. The number of hydrogen-bond donors (Lipinski definition) is 0. The maximum absolute atomic E-state index is 6.02. The highest BCUT2D eigenvalue weighted by Gasteiger charge is 2.07. The Kier molecular flexibility index (Phi) is 3.63. The monoisotopic (exact) mass is 274 g/mol. The van der Waals surface area contributed by atoms with Crippen LogP contribution in [0.1, 0.15) is 11.3 Å². The molecule has 0 bridgehead atoms. The summed E-state index contributed by atoms with van der Waals surface area (Å²) < 4.78 is 9.77. The van der Waals surface area contributed by atoms with Gasteiger partial charge in [0.05, 0.1) is 5.02 Å². The highest BCUT2D eigenvalue weighted by atomic mass is 35.5. The van der Waals surface area contributed by atoms with Gasteiger partial charge in [-0.1, -0.05) is 33.8 Å². The summed E-state index contributed by atoms with van der Waals surface area (Å²) in [5.74, 6) is 0.622. The molecule has 0 radical (unpaired) electrons. The van der Waals surface area contributed by atoms with Crippen LogP contribution in [0.15, 0.2) is 18.2 Å². The van der Waals surface area contributed by atoms with Gasteiger partial charge in [0.2, 0.25) is 0 Å². The summed E-state index contributed by atoms with van der Waals surface area (Å²) in [5.41, 5.74) is 1.72. The topological polar surface area (TPSA) is 35.0 Å². The fourth-order valence-corrected chi connectivity index (χ4v) is 2.04. The third-order valence-electron chi connectivity index (χ3n) is 1.96. The number of halogens is 2. The Morgan fingerprint density at radius 3 is 2.81 bits per heavy atom. The van der Waals surface area contributed by atoms with Gasteiger partial charge in [-0.05, 0) is 24.6 Å². The lowest BCUT2D eigenvalue weighted by Crippen LogP contribution is -1.97. The predicted molar refractivity (Wildman–Crippen MR) is 65.4 cm³/mol. The van der Waals surface area contributed by atoms with Crippen LogP contribution in [0, 0.1) is 6.92 Å². The molecule has 1 heterocycles. The molecule has 6 heteroatoms. The van der Waals surface area contributed by atoms with Gasteiger partial charge in [-0.15, -0.1) is 5.10 Å². The van der Waals surface area contributed by atoms with Gasteiger partial charge in [-0.25, -0.2) is 0 Å². The molecule has 0 aliphatic heterocycles. The van der Waals surface area contributed by atoms with E-state index >= 15 is 0 Å². The van der Waals surface area contributed by atoms with Crippen LogP contribution in [0.5, 0.6) is 5.75 Å². The molecule has 3 nitrogen and oxygen atoms in total. The molecule has 0 aliphatic carbocycles. The van der Waals surface area contributed by atoms with Crippen LogP contribution in [-0.4, -0.2) is 9.59 Å². The van der Waals surface area contributed by atoms with Crippen molar-refractivity contribution in [1.29, 1.82) is 0 Å². The van der Waals surface area contributed by atoms with Crippen molar-refractivity contribution in [1.82, 2.24) is 9.59 Å². The van der Waals surface area contributed by atoms with Crippen LogP contribution in [0.4, 0.5) is 0 Å². The SMILES string of the molecule is Cc1ccc(OCc2nnsc2Cl)c(Cl)c1. The fraction of sp³-hybridized carbons (Fsp3) is 0.200. The average molecular weight is 275 g/mol. The lowest BCUT2D eigenvalue weighted by atomic mass is 10.2. The molecule has 0 atom stereocenters. The minimum atomic E-state index is 0.276. The largest absolute Gasteiger partial charge is 0.486 e. The van der Waals surface area contributed by atoms with E-state index < -0.39 is 0 Å². The van der Waals surface area contributed by atoms with Crippen LogP contribution in [0.3, 0.4) is 0 Å². The quantitative estimate of drug-likeness (QED) is 0.856. The molecule has 16 heavy (non-hydrogen) atoms. The Bertz CT molecular complexity index is 501. The first kappa shape index (κ1) is 11.6. The second-order valence-electron chi connectivity index (χ2n) is 3.22. The van der Waals surface area contributed by atoms with Crippen LogP contribution < -0.4 is 4.74 Å². The van der Waals surface area contributed by atoms with E-state index in [4.69, 9.17) is 27.9 Å². The standard InChI is InChI=1S/C10H8Cl2N2OS/c1-6-2-3-9(7(11)4-6)15-5-8-10(12)16-14-13-8/h2-4H,5H2,1H3. The van der Waals surface area contributed by atoms with Crippen molar-refractivity contribution in [3.63, 3.8) is 0 Å². The summed E-state index contributed by atoms with van der Waals surface area (Å²) >= 11 is 13.0. The Balaban J connectivity index is 2.08. The van der Waals surface area contributed by atoms with Crippen molar-refractivity contribution in [2.75, 3.05) is 0 Å². The first-order valence-corrected chi connectivity index (χ1v) is 6.05. The molecular weight excluding hydrogens is 267 g/mol. The molecule has 0 unspecified atom stereocenters. The summed E-state index contributed by atoms with van der Waals surface area (Å²) in [6.07, 6.45) is 0.